The van der Waals surface area contributed by atoms with E-state index in [9.17, 15) is 24.5 Å². The molecule has 0 saturated heterocycles. The number of anilines is 2. The van der Waals surface area contributed by atoms with Crippen LogP contribution in [-0.4, -0.2) is 49.3 Å². The molecule has 2 amide bonds. The van der Waals surface area contributed by atoms with E-state index >= 15 is 0 Å². The van der Waals surface area contributed by atoms with Crippen molar-refractivity contribution in [1.82, 2.24) is 0 Å². The molecule has 2 N–H and O–H groups in total. The van der Waals surface area contributed by atoms with Gasteiger partial charge in [-0.15, -0.1) is 0 Å². The highest BCUT2D eigenvalue weighted by Crippen LogP contribution is 2.39. The third kappa shape index (κ3) is 6.32. The van der Waals surface area contributed by atoms with Crippen LogP contribution in [0.1, 0.15) is 23.7 Å². The van der Waals surface area contributed by atoms with Crippen LogP contribution < -0.4 is 20.1 Å². The second-order valence-corrected chi connectivity index (χ2v) is 6.67. The normalized spacial score (nSPS) is 12.2. The lowest BCUT2D eigenvalue weighted by Gasteiger charge is -2.11. The number of nitrogens with one attached hydrogen (secondary N) is 2. The first-order chi connectivity index (χ1) is 15.9. The highest BCUT2D eigenvalue weighted by Gasteiger charge is 2.23. The largest absolute Gasteiger partial charge is 0.489 e. The van der Waals surface area contributed by atoms with E-state index in [4.69, 9.17) is 18.9 Å². The highest BCUT2D eigenvalue weighted by molar-refractivity contribution is 5.98. The number of fused-ring (bicyclic) bond motifs is 1. The molecular formula is C21H21N3O9. The molecule has 0 aliphatic carbocycles. The monoisotopic (exact) mass is 459 g/mol. The molecule has 0 bridgehead atoms. The number of carbonyl (C=O) groups excluding carboxylic acids is 3. The number of ether oxygens (including phenoxy) is 4. The van der Waals surface area contributed by atoms with Gasteiger partial charge in [0.25, 0.3) is 11.6 Å². The smallest absolute Gasteiger partial charge is 0.411 e. The molecule has 33 heavy (non-hydrogen) atoms. The minimum absolute atomic E-state index is 0.0821. The molecule has 2 aromatic rings. The van der Waals surface area contributed by atoms with Crippen molar-refractivity contribution in [2.24, 2.45) is 0 Å². The molecule has 1 heterocycles. The van der Waals surface area contributed by atoms with Gasteiger partial charge in [-0.05, 0) is 25.1 Å². The number of benzene rings is 2. The van der Waals surface area contributed by atoms with Crippen LogP contribution >= 0.6 is 0 Å². The zero-order chi connectivity index (χ0) is 23.8. The first-order valence-corrected chi connectivity index (χ1v) is 9.96. The topological polar surface area (TPSA) is 155 Å². The number of nitro benzene ring substituents is 1. The number of nitro groups is 1. The van der Waals surface area contributed by atoms with Crippen LogP contribution in [0.5, 0.6) is 11.5 Å². The molecule has 0 fully saturated rings. The summed E-state index contributed by atoms with van der Waals surface area (Å²) in [6.07, 6.45) is -0.0736. The van der Waals surface area contributed by atoms with Crippen molar-refractivity contribution in [2.75, 3.05) is 37.1 Å². The molecular weight excluding hydrogens is 438 g/mol. The van der Waals surface area contributed by atoms with Gasteiger partial charge in [0.05, 0.1) is 36.4 Å². The Balaban J connectivity index is 1.63. The molecule has 0 atom stereocenters. The predicted molar refractivity (Wildman–Crippen MR) is 115 cm³/mol. The Morgan fingerprint density at radius 3 is 2.48 bits per heavy atom. The van der Waals surface area contributed by atoms with Gasteiger partial charge in [0.1, 0.15) is 5.69 Å². The van der Waals surface area contributed by atoms with Gasteiger partial charge in [0.2, 0.25) is 0 Å². The van der Waals surface area contributed by atoms with Gasteiger partial charge < -0.3 is 24.3 Å². The fourth-order valence-corrected chi connectivity index (χ4v) is 2.86. The minimum atomic E-state index is -0.828. The summed E-state index contributed by atoms with van der Waals surface area (Å²) in [7, 11) is 0. The first-order valence-electron chi connectivity index (χ1n) is 9.96. The van der Waals surface area contributed by atoms with Crippen molar-refractivity contribution in [1.29, 1.82) is 0 Å². The standard InChI is InChI=1S/C21H21N3O9/c1-2-30-21(27)22-14-6-3-5-13(9-14)20(26)33-12-19(25)23-15-10-17-18(11-16(15)24(28)29)32-8-4-7-31-17/h3,5-6,9-11H,2,4,7-8,12H2,1H3,(H,22,27)(H,23,25). The van der Waals surface area contributed by atoms with Crippen molar-refractivity contribution in [3.63, 3.8) is 0 Å². The first kappa shape index (κ1) is 23.3. The lowest BCUT2D eigenvalue weighted by molar-refractivity contribution is -0.384. The van der Waals surface area contributed by atoms with Crippen molar-refractivity contribution in [2.45, 2.75) is 13.3 Å². The lowest BCUT2D eigenvalue weighted by atomic mass is 10.2. The van der Waals surface area contributed by atoms with Gasteiger partial charge in [-0.2, -0.15) is 0 Å². The Morgan fingerprint density at radius 2 is 1.79 bits per heavy atom. The van der Waals surface area contributed by atoms with Crippen molar-refractivity contribution < 1.29 is 38.3 Å². The summed E-state index contributed by atoms with van der Waals surface area (Å²) < 4.78 is 20.7. The Hall–Kier alpha value is -4.35. The van der Waals surface area contributed by atoms with E-state index in [1.165, 1.54) is 30.3 Å². The summed E-state index contributed by atoms with van der Waals surface area (Å²) in [5, 5.41) is 16.2. The predicted octanol–water partition coefficient (Wildman–Crippen LogP) is 3.12. The van der Waals surface area contributed by atoms with Gasteiger partial charge in [0.15, 0.2) is 18.1 Å². The second-order valence-electron chi connectivity index (χ2n) is 6.67. The van der Waals surface area contributed by atoms with Gasteiger partial charge >= 0.3 is 12.1 Å². The molecule has 0 aromatic heterocycles. The zero-order valence-corrected chi connectivity index (χ0v) is 17.6. The fraction of sp³-hybridized carbons (Fsp3) is 0.286. The second kappa shape index (κ2) is 10.8. The van der Waals surface area contributed by atoms with Crippen LogP contribution in [0.4, 0.5) is 21.9 Å². The van der Waals surface area contributed by atoms with E-state index in [1.807, 2.05) is 0 Å². The molecule has 2 aromatic carbocycles. The summed E-state index contributed by atoms with van der Waals surface area (Å²) in [4.78, 5) is 46.8. The van der Waals surface area contributed by atoms with Crippen molar-refractivity contribution >= 4 is 35.0 Å². The molecule has 1 aliphatic rings. The van der Waals surface area contributed by atoms with Crippen LogP contribution in [0.3, 0.4) is 0 Å². The molecule has 12 nitrogen and oxygen atoms in total. The van der Waals surface area contributed by atoms with Crippen LogP contribution in [0.15, 0.2) is 36.4 Å². The van der Waals surface area contributed by atoms with E-state index in [-0.39, 0.29) is 29.4 Å². The van der Waals surface area contributed by atoms with Gasteiger partial charge in [-0.1, -0.05) is 6.07 Å². The molecule has 1 aliphatic heterocycles. The van der Waals surface area contributed by atoms with E-state index in [1.54, 1.807) is 13.0 Å². The number of carbonyl (C=O) groups is 3. The quantitative estimate of drug-likeness (QED) is 0.361. The zero-order valence-electron chi connectivity index (χ0n) is 17.6. The van der Waals surface area contributed by atoms with Crippen LogP contribution in [-0.2, 0) is 14.3 Å². The summed E-state index contributed by atoms with van der Waals surface area (Å²) in [6, 6.07) is 8.31. The van der Waals surface area contributed by atoms with Crippen LogP contribution in [0.25, 0.3) is 0 Å². The number of amides is 2. The van der Waals surface area contributed by atoms with E-state index in [0.717, 1.165) is 0 Å². The summed E-state index contributed by atoms with van der Waals surface area (Å²) in [5.41, 5.74) is -0.128. The van der Waals surface area contributed by atoms with Gasteiger partial charge in [-0.3, -0.25) is 20.2 Å². The average molecular weight is 459 g/mol. The minimum Gasteiger partial charge on any atom is -0.489 e. The van der Waals surface area contributed by atoms with Crippen LogP contribution in [0.2, 0.25) is 0 Å². The number of hydrogen-bond acceptors (Lipinski definition) is 9. The lowest BCUT2D eigenvalue weighted by Crippen LogP contribution is -2.21. The number of esters is 1. The van der Waals surface area contributed by atoms with E-state index in [2.05, 4.69) is 10.6 Å². The van der Waals surface area contributed by atoms with Crippen LogP contribution in [0, 0.1) is 10.1 Å². The molecule has 3 rings (SSSR count). The maximum Gasteiger partial charge on any atom is 0.411 e. The molecule has 174 valence electrons. The number of nitrogens with zero attached hydrogens (tertiary/aromatic N) is 1. The highest BCUT2D eigenvalue weighted by atomic mass is 16.6. The molecule has 0 unspecified atom stereocenters. The average Bonchev–Trinajstić information content (AvgIpc) is 3.02. The number of rotatable bonds is 7. The summed E-state index contributed by atoms with van der Waals surface area (Å²) in [6.45, 7) is 1.85. The fourth-order valence-electron chi connectivity index (χ4n) is 2.86. The third-order valence-corrected chi connectivity index (χ3v) is 4.29. The summed E-state index contributed by atoms with van der Waals surface area (Å²) in [5.74, 6) is -1.15. The third-order valence-electron chi connectivity index (χ3n) is 4.29. The molecule has 12 heteroatoms. The molecule has 0 radical (unpaired) electrons. The SMILES string of the molecule is CCOC(=O)Nc1cccc(C(=O)OCC(=O)Nc2cc3c(cc2[N+](=O)[O-])OCCCO3)c1. The Kier molecular flexibility index (Phi) is 7.63. The van der Waals surface area contributed by atoms with Crippen molar-refractivity contribution in [3.8, 4) is 11.5 Å². The van der Waals surface area contributed by atoms with E-state index in [0.29, 0.717) is 25.3 Å². The van der Waals surface area contributed by atoms with E-state index < -0.39 is 35.2 Å². The maximum absolute atomic E-state index is 12.3. The van der Waals surface area contributed by atoms with Gasteiger partial charge in [-0.25, -0.2) is 9.59 Å². The maximum atomic E-state index is 12.3. The summed E-state index contributed by atoms with van der Waals surface area (Å²) >= 11 is 0. The molecule has 0 spiro atoms. The molecule has 0 saturated carbocycles. The van der Waals surface area contributed by atoms with Gasteiger partial charge in [0, 0.05) is 18.2 Å². The Bertz CT molecular complexity index is 1070. The Labute approximate surface area is 187 Å². The number of hydrogen-bond donors (Lipinski definition) is 2. The van der Waals surface area contributed by atoms with Crippen molar-refractivity contribution in [3.05, 3.63) is 52.1 Å². The Morgan fingerprint density at radius 1 is 1.06 bits per heavy atom.